The second-order valence-corrected chi connectivity index (χ2v) is 10.7. The van der Waals surface area contributed by atoms with Crippen LogP contribution in [-0.2, 0) is 19.1 Å². The Bertz CT molecular complexity index is 889. The first-order chi connectivity index (χ1) is 14.9. The summed E-state index contributed by atoms with van der Waals surface area (Å²) in [7, 11) is 0. The second kappa shape index (κ2) is 7.58. The lowest BCUT2D eigenvalue weighted by Crippen LogP contribution is -2.60. The average molecular weight is 447 g/mol. The quantitative estimate of drug-likeness (QED) is 0.336. The van der Waals surface area contributed by atoms with E-state index in [-0.39, 0.29) is 23.2 Å². The number of fused-ring (bicyclic) bond motifs is 5. The number of aliphatic hydroxyl groups is 3. The average Bonchev–Trinajstić information content (AvgIpc) is 2.92. The highest BCUT2D eigenvalue weighted by molar-refractivity contribution is 5.67. The summed E-state index contributed by atoms with van der Waals surface area (Å²) in [5, 5.41) is 33.1. The van der Waals surface area contributed by atoms with E-state index in [4.69, 9.17) is 15.9 Å². The van der Waals surface area contributed by atoms with Crippen molar-refractivity contribution in [1.82, 2.24) is 0 Å². The maximum absolute atomic E-state index is 12.0. The van der Waals surface area contributed by atoms with E-state index in [2.05, 4.69) is 12.8 Å². The molecule has 4 rings (SSSR count). The molecule has 3 saturated carbocycles. The molecular formula is C25H34O7. The van der Waals surface area contributed by atoms with Crippen LogP contribution in [0.15, 0.2) is 11.6 Å². The number of hydrogen-bond acceptors (Lipinski definition) is 7. The summed E-state index contributed by atoms with van der Waals surface area (Å²) >= 11 is 0. The van der Waals surface area contributed by atoms with Crippen LogP contribution in [0.4, 0.5) is 0 Å². The van der Waals surface area contributed by atoms with Crippen LogP contribution in [0.25, 0.3) is 0 Å². The molecule has 3 N–H and O–H groups in total. The maximum Gasteiger partial charge on any atom is 0.303 e. The number of hydrogen-bond donors (Lipinski definition) is 3. The summed E-state index contributed by atoms with van der Waals surface area (Å²) in [6, 6.07) is 0. The fourth-order valence-electron chi connectivity index (χ4n) is 7.58. The van der Waals surface area contributed by atoms with E-state index in [1.165, 1.54) is 13.8 Å². The van der Waals surface area contributed by atoms with Crippen molar-refractivity contribution in [2.24, 2.45) is 28.6 Å². The van der Waals surface area contributed by atoms with Crippen molar-refractivity contribution in [2.75, 3.05) is 0 Å². The first-order valence-corrected chi connectivity index (χ1v) is 11.5. The Hall–Kier alpha value is -1.88. The number of ether oxygens (including phenoxy) is 2. The Morgan fingerprint density at radius 1 is 1.09 bits per heavy atom. The summed E-state index contributed by atoms with van der Waals surface area (Å²) in [5.41, 5.74) is -1.98. The van der Waals surface area contributed by atoms with Gasteiger partial charge in [-0.3, -0.25) is 9.59 Å². The highest BCUT2D eigenvalue weighted by Gasteiger charge is 2.69. The summed E-state index contributed by atoms with van der Waals surface area (Å²) in [5.74, 6) is 1.35. The first kappa shape index (κ1) is 23.3. The van der Waals surface area contributed by atoms with E-state index in [1.54, 1.807) is 0 Å². The van der Waals surface area contributed by atoms with Gasteiger partial charge in [0.05, 0.1) is 6.10 Å². The van der Waals surface area contributed by atoms with Crippen molar-refractivity contribution >= 4 is 11.9 Å². The smallest absolute Gasteiger partial charge is 0.303 e. The number of aliphatic hydroxyl groups excluding tert-OH is 2. The van der Waals surface area contributed by atoms with Crippen LogP contribution in [0.2, 0.25) is 0 Å². The minimum atomic E-state index is -1.64. The highest BCUT2D eigenvalue weighted by Crippen LogP contribution is 2.67. The topological polar surface area (TPSA) is 113 Å². The molecule has 4 aliphatic rings. The molecule has 0 amide bonds. The monoisotopic (exact) mass is 446 g/mol. The van der Waals surface area contributed by atoms with Gasteiger partial charge >= 0.3 is 11.9 Å². The molecular weight excluding hydrogens is 412 g/mol. The van der Waals surface area contributed by atoms with Crippen LogP contribution in [0.3, 0.4) is 0 Å². The van der Waals surface area contributed by atoms with Crippen LogP contribution >= 0.6 is 0 Å². The van der Waals surface area contributed by atoms with Crippen LogP contribution in [0, 0.1) is 40.9 Å². The molecule has 3 fully saturated rings. The predicted octanol–water partition coefficient (Wildman–Crippen LogP) is 1.73. The fourth-order valence-corrected chi connectivity index (χ4v) is 7.58. The number of carbonyl (C=O) groups excluding carboxylic acids is 2. The molecule has 0 heterocycles. The third kappa shape index (κ3) is 3.07. The Morgan fingerprint density at radius 2 is 1.75 bits per heavy atom. The van der Waals surface area contributed by atoms with Gasteiger partial charge in [-0.15, -0.1) is 6.42 Å². The van der Waals surface area contributed by atoms with Crippen molar-refractivity contribution in [1.29, 1.82) is 0 Å². The number of esters is 2. The zero-order valence-corrected chi connectivity index (χ0v) is 19.2. The van der Waals surface area contributed by atoms with Crippen LogP contribution < -0.4 is 0 Å². The molecule has 7 heteroatoms. The third-order valence-corrected chi connectivity index (χ3v) is 9.21. The van der Waals surface area contributed by atoms with Gasteiger partial charge in [-0.2, -0.15) is 0 Å². The fraction of sp³-hybridized carbons (Fsp3) is 0.760. The van der Waals surface area contributed by atoms with E-state index in [0.29, 0.717) is 32.1 Å². The van der Waals surface area contributed by atoms with E-state index < -0.39 is 47.4 Å². The second-order valence-electron chi connectivity index (χ2n) is 10.7. The maximum atomic E-state index is 12.0. The Balaban J connectivity index is 1.79. The molecule has 0 unspecified atom stereocenters. The Labute approximate surface area is 189 Å². The van der Waals surface area contributed by atoms with Gasteiger partial charge in [-0.05, 0) is 61.0 Å². The molecule has 0 spiro atoms. The van der Waals surface area contributed by atoms with Crippen molar-refractivity contribution in [2.45, 2.75) is 89.8 Å². The van der Waals surface area contributed by atoms with E-state index in [9.17, 15) is 24.9 Å². The third-order valence-electron chi connectivity index (χ3n) is 9.21. The van der Waals surface area contributed by atoms with Gasteiger partial charge in [0.1, 0.15) is 18.3 Å². The van der Waals surface area contributed by atoms with E-state index in [0.717, 1.165) is 5.57 Å². The van der Waals surface area contributed by atoms with Crippen LogP contribution in [0.5, 0.6) is 0 Å². The molecule has 0 saturated heterocycles. The summed E-state index contributed by atoms with van der Waals surface area (Å²) < 4.78 is 11.1. The van der Waals surface area contributed by atoms with Gasteiger partial charge in [-0.25, -0.2) is 0 Å². The molecule has 0 aromatic rings. The molecule has 7 nitrogen and oxygen atoms in total. The van der Waals surface area contributed by atoms with Gasteiger partial charge in [0.15, 0.2) is 5.60 Å². The minimum absolute atomic E-state index is 0.0603. The lowest BCUT2D eigenvalue weighted by molar-refractivity contribution is -0.170. The molecule has 176 valence electrons. The van der Waals surface area contributed by atoms with Crippen molar-refractivity contribution in [3.05, 3.63) is 11.6 Å². The first-order valence-electron chi connectivity index (χ1n) is 11.5. The van der Waals surface area contributed by atoms with E-state index in [1.807, 2.05) is 13.0 Å². The van der Waals surface area contributed by atoms with Gasteiger partial charge < -0.3 is 24.8 Å². The SMILES string of the molecule is C#C[C@]1(O)[C@H](O)C[C@H]2[C@@H]3[C@@H](OC(C)=O)C=C4[C@@H](O)[C@@H](OC(C)=O)CC[C@]4(C)[C@H]3CC[C@@]21C. The standard InChI is InChI=1S/C25H34O7/c1-6-25(30)20(28)12-16-21-15(7-10-24(16,25)5)23(4)9-8-18(31-13(2)26)22(29)17(23)11-19(21)32-14(3)27/h1,11,15-16,18-22,28-30H,7-10,12H2,2-5H3/t15-,16-,18-,19-,20+,21+,22+,23+,24-,25-/m0/s1. The van der Waals surface area contributed by atoms with Crippen LogP contribution in [0.1, 0.15) is 59.8 Å². The molecule has 0 aliphatic heterocycles. The number of rotatable bonds is 2. The van der Waals surface area contributed by atoms with E-state index >= 15 is 0 Å². The summed E-state index contributed by atoms with van der Waals surface area (Å²) in [6.45, 7) is 6.73. The normalized spacial score (nSPS) is 49.6. The Kier molecular flexibility index (Phi) is 5.51. The predicted molar refractivity (Wildman–Crippen MR) is 115 cm³/mol. The van der Waals surface area contributed by atoms with Crippen molar-refractivity contribution < 1.29 is 34.4 Å². The molecule has 0 radical (unpaired) electrons. The molecule has 32 heavy (non-hydrogen) atoms. The van der Waals surface area contributed by atoms with Crippen LogP contribution in [-0.4, -0.2) is 57.3 Å². The molecule has 4 aliphatic carbocycles. The lowest BCUT2D eigenvalue weighted by atomic mass is 9.46. The van der Waals surface area contributed by atoms with Gasteiger partial charge in [0.2, 0.25) is 0 Å². The van der Waals surface area contributed by atoms with Crippen molar-refractivity contribution in [3.63, 3.8) is 0 Å². The van der Waals surface area contributed by atoms with Gasteiger partial charge in [0.25, 0.3) is 0 Å². The zero-order valence-electron chi connectivity index (χ0n) is 19.2. The minimum Gasteiger partial charge on any atom is -0.459 e. The molecule has 0 aromatic carbocycles. The summed E-state index contributed by atoms with van der Waals surface area (Å²) in [4.78, 5) is 23.6. The van der Waals surface area contributed by atoms with Gasteiger partial charge in [0, 0.05) is 25.2 Å². The van der Waals surface area contributed by atoms with Crippen molar-refractivity contribution in [3.8, 4) is 12.3 Å². The van der Waals surface area contributed by atoms with Gasteiger partial charge in [-0.1, -0.05) is 19.8 Å². The lowest BCUT2D eigenvalue weighted by Gasteiger charge is -2.60. The largest absolute Gasteiger partial charge is 0.459 e. The number of terminal acetylenes is 1. The molecule has 0 bridgehead atoms. The molecule has 0 aromatic heterocycles. The summed E-state index contributed by atoms with van der Waals surface area (Å²) in [6.07, 6.45) is 7.17. The zero-order chi connectivity index (χ0) is 23.6. The highest BCUT2D eigenvalue weighted by atomic mass is 16.6. The Morgan fingerprint density at radius 3 is 2.34 bits per heavy atom. The number of carbonyl (C=O) groups is 2. The molecule has 10 atom stereocenters.